The molecule has 3 heteroatoms. The van der Waals surface area contributed by atoms with E-state index in [2.05, 4.69) is 42.2 Å². The summed E-state index contributed by atoms with van der Waals surface area (Å²) in [5.74, 6) is 2.00. The maximum absolute atomic E-state index is 3.56. The summed E-state index contributed by atoms with van der Waals surface area (Å²) in [7, 11) is 0. The molecule has 0 bridgehead atoms. The molecule has 0 saturated carbocycles. The topological polar surface area (TPSA) is 12.0 Å². The maximum atomic E-state index is 3.56. The van der Waals surface area contributed by atoms with E-state index < -0.39 is 0 Å². The zero-order valence-corrected chi connectivity index (χ0v) is 10.8. The van der Waals surface area contributed by atoms with Crippen molar-refractivity contribution in [3.63, 3.8) is 0 Å². The SMILES string of the molecule is CSCC(C)CNC(C)c1ccsc1. The summed E-state index contributed by atoms with van der Waals surface area (Å²) in [6, 6.07) is 2.69. The fourth-order valence-electron chi connectivity index (χ4n) is 1.36. The molecule has 2 unspecified atom stereocenters. The quantitative estimate of drug-likeness (QED) is 0.802. The summed E-state index contributed by atoms with van der Waals surface area (Å²) < 4.78 is 0. The highest BCUT2D eigenvalue weighted by Crippen LogP contribution is 2.16. The van der Waals surface area contributed by atoms with Gasteiger partial charge in [0, 0.05) is 6.04 Å². The number of nitrogens with one attached hydrogen (secondary N) is 1. The molecule has 1 heterocycles. The molecule has 0 fully saturated rings. The molecule has 0 spiro atoms. The summed E-state index contributed by atoms with van der Waals surface area (Å²) in [5.41, 5.74) is 1.41. The summed E-state index contributed by atoms with van der Waals surface area (Å²) in [6.07, 6.45) is 2.17. The molecule has 2 atom stereocenters. The van der Waals surface area contributed by atoms with Gasteiger partial charge in [0.15, 0.2) is 0 Å². The van der Waals surface area contributed by atoms with Crippen LogP contribution >= 0.6 is 23.1 Å². The highest BCUT2D eigenvalue weighted by molar-refractivity contribution is 7.98. The van der Waals surface area contributed by atoms with Crippen molar-refractivity contribution >= 4 is 23.1 Å². The number of hydrogen-bond donors (Lipinski definition) is 1. The number of thiophene rings is 1. The van der Waals surface area contributed by atoms with E-state index in [-0.39, 0.29) is 0 Å². The van der Waals surface area contributed by atoms with Crippen molar-refractivity contribution in [3.8, 4) is 0 Å². The smallest absolute Gasteiger partial charge is 0.0300 e. The van der Waals surface area contributed by atoms with E-state index >= 15 is 0 Å². The highest BCUT2D eigenvalue weighted by atomic mass is 32.2. The monoisotopic (exact) mass is 229 g/mol. The first kappa shape index (κ1) is 12.1. The minimum atomic E-state index is 0.491. The van der Waals surface area contributed by atoms with Gasteiger partial charge in [-0.2, -0.15) is 23.1 Å². The van der Waals surface area contributed by atoms with Crippen LogP contribution in [0, 0.1) is 5.92 Å². The van der Waals surface area contributed by atoms with E-state index in [4.69, 9.17) is 0 Å². The van der Waals surface area contributed by atoms with Gasteiger partial charge in [-0.1, -0.05) is 6.92 Å². The Balaban J connectivity index is 2.24. The third kappa shape index (κ3) is 4.03. The standard InChI is InChI=1S/C11H19NS2/c1-9(7-13-3)6-12-10(2)11-4-5-14-8-11/h4-5,8-10,12H,6-7H2,1-3H3. The van der Waals surface area contributed by atoms with Gasteiger partial charge in [-0.3, -0.25) is 0 Å². The lowest BCUT2D eigenvalue weighted by molar-refractivity contribution is 0.502. The fraction of sp³-hybridized carbons (Fsp3) is 0.636. The Kier molecular flexibility index (Phi) is 5.60. The van der Waals surface area contributed by atoms with Crippen molar-refractivity contribution in [3.05, 3.63) is 22.4 Å². The van der Waals surface area contributed by atoms with Crippen LogP contribution in [0.15, 0.2) is 16.8 Å². The first-order valence-electron chi connectivity index (χ1n) is 4.98. The molecule has 14 heavy (non-hydrogen) atoms. The second-order valence-electron chi connectivity index (χ2n) is 3.75. The zero-order valence-electron chi connectivity index (χ0n) is 9.12. The predicted molar refractivity (Wildman–Crippen MR) is 68.3 cm³/mol. The van der Waals surface area contributed by atoms with Crippen LogP contribution in [0.4, 0.5) is 0 Å². The molecule has 0 aromatic carbocycles. The van der Waals surface area contributed by atoms with Crippen molar-refractivity contribution in [2.75, 3.05) is 18.6 Å². The zero-order chi connectivity index (χ0) is 10.4. The van der Waals surface area contributed by atoms with Crippen molar-refractivity contribution in [2.45, 2.75) is 19.9 Å². The average Bonchev–Trinajstić information content (AvgIpc) is 2.67. The fourth-order valence-corrected chi connectivity index (χ4v) is 2.80. The van der Waals surface area contributed by atoms with Gasteiger partial charge in [0.1, 0.15) is 0 Å². The van der Waals surface area contributed by atoms with Gasteiger partial charge < -0.3 is 5.32 Å². The van der Waals surface area contributed by atoms with Crippen LogP contribution in [-0.4, -0.2) is 18.6 Å². The van der Waals surface area contributed by atoms with Crippen molar-refractivity contribution in [1.29, 1.82) is 0 Å². The third-order valence-corrected chi connectivity index (χ3v) is 3.87. The normalized spacial score (nSPS) is 15.4. The molecule has 80 valence electrons. The average molecular weight is 229 g/mol. The molecule has 0 aliphatic rings. The second kappa shape index (κ2) is 6.49. The second-order valence-corrected chi connectivity index (χ2v) is 5.44. The number of thioether (sulfide) groups is 1. The molecular formula is C11H19NS2. The van der Waals surface area contributed by atoms with E-state index in [1.54, 1.807) is 11.3 Å². The van der Waals surface area contributed by atoms with E-state index in [0.717, 1.165) is 12.5 Å². The lowest BCUT2D eigenvalue weighted by atomic mass is 10.1. The molecule has 1 N–H and O–H groups in total. The van der Waals surface area contributed by atoms with Gasteiger partial charge in [-0.15, -0.1) is 0 Å². The van der Waals surface area contributed by atoms with Gasteiger partial charge in [-0.25, -0.2) is 0 Å². The summed E-state index contributed by atoms with van der Waals surface area (Å²) in [5, 5.41) is 7.92. The van der Waals surface area contributed by atoms with Gasteiger partial charge in [0.05, 0.1) is 0 Å². The van der Waals surface area contributed by atoms with Crippen LogP contribution in [0.3, 0.4) is 0 Å². The van der Waals surface area contributed by atoms with Crippen LogP contribution in [-0.2, 0) is 0 Å². The molecule has 1 aromatic rings. The Hall–Kier alpha value is 0.01000. The lowest BCUT2D eigenvalue weighted by Gasteiger charge is -2.16. The lowest BCUT2D eigenvalue weighted by Crippen LogP contribution is -2.25. The molecule has 0 amide bonds. The van der Waals surface area contributed by atoms with E-state index in [9.17, 15) is 0 Å². The van der Waals surface area contributed by atoms with Crippen LogP contribution in [0.1, 0.15) is 25.5 Å². The van der Waals surface area contributed by atoms with Crippen molar-refractivity contribution in [1.82, 2.24) is 5.32 Å². The molecule has 0 radical (unpaired) electrons. The van der Waals surface area contributed by atoms with Crippen LogP contribution in [0.25, 0.3) is 0 Å². The van der Waals surface area contributed by atoms with Crippen molar-refractivity contribution in [2.24, 2.45) is 5.92 Å². The predicted octanol–water partition coefficient (Wildman–Crippen LogP) is 3.40. The maximum Gasteiger partial charge on any atom is 0.0300 e. The van der Waals surface area contributed by atoms with Gasteiger partial charge in [0.25, 0.3) is 0 Å². The van der Waals surface area contributed by atoms with E-state index in [1.807, 2.05) is 11.8 Å². The minimum absolute atomic E-state index is 0.491. The third-order valence-electron chi connectivity index (χ3n) is 2.27. The largest absolute Gasteiger partial charge is 0.310 e. The van der Waals surface area contributed by atoms with Gasteiger partial charge >= 0.3 is 0 Å². The summed E-state index contributed by atoms with van der Waals surface area (Å²) >= 11 is 3.69. The van der Waals surface area contributed by atoms with Crippen LogP contribution < -0.4 is 5.32 Å². The Morgan fingerprint density at radius 1 is 1.50 bits per heavy atom. The molecule has 0 saturated heterocycles. The van der Waals surface area contributed by atoms with Crippen LogP contribution in [0.5, 0.6) is 0 Å². The van der Waals surface area contributed by atoms with Crippen molar-refractivity contribution < 1.29 is 0 Å². The summed E-state index contributed by atoms with van der Waals surface area (Å²) in [4.78, 5) is 0. The Bertz CT molecular complexity index is 233. The Morgan fingerprint density at radius 3 is 2.86 bits per heavy atom. The van der Waals surface area contributed by atoms with E-state index in [1.165, 1.54) is 11.3 Å². The first-order chi connectivity index (χ1) is 6.74. The molecule has 1 nitrogen and oxygen atoms in total. The Morgan fingerprint density at radius 2 is 2.29 bits per heavy atom. The highest BCUT2D eigenvalue weighted by Gasteiger charge is 2.06. The number of rotatable bonds is 6. The molecular weight excluding hydrogens is 210 g/mol. The summed E-state index contributed by atoms with van der Waals surface area (Å²) in [6.45, 7) is 5.63. The molecule has 1 rings (SSSR count). The van der Waals surface area contributed by atoms with Gasteiger partial charge in [0.2, 0.25) is 0 Å². The minimum Gasteiger partial charge on any atom is -0.310 e. The first-order valence-corrected chi connectivity index (χ1v) is 7.32. The van der Waals surface area contributed by atoms with Crippen LogP contribution in [0.2, 0.25) is 0 Å². The van der Waals surface area contributed by atoms with E-state index in [0.29, 0.717) is 6.04 Å². The Labute approximate surface area is 95.3 Å². The molecule has 0 aliphatic carbocycles. The van der Waals surface area contributed by atoms with Gasteiger partial charge in [-0.05, 0) is 53.8 Å². The number of hydrogen-bond acceptors (Lipinski definition) is 3. The molecule has 1 aromatic heterocycles. The molecule has 0 aliphatic heterocycles.